The maximum Gasteiger partial charge on any atom is 0.119 e. The lowest BCUT2D eigenvalue weighted by Crippen LogP contribution is -2.23. The molecule has 2 nitrogen and oxygen atoms in total. The summed E-state index contributed by atoms with van der Waals surface area (Å²) in [6, 6.07) is 19.0. The molecular formula is C20H26O2. The highest BCUT2D eigenvalue weighted by molar-refractivity contribution is 5.40. The number of hydrogen-bond acceptors (Lipinski definition) is 2. The van der Waals surface area contributed by atoms with Gasteiger partial charge in [0.1, 0.15) is 12.4 Å². The quantitative estimate of drug-likeness (QED) is 0.774. The second kappa shape index (κ2) is 8.00. The van der Waals surface area contributed by atoms with Crippen LogP contribution in [0.25, 0.3) is 0 Å². The number of ether oxygens (including phenoxy) is 1. The van der Waals surface area contributed by atoms with Crippen molar-refractivity contribution in [2.75, 3.05) is 13.2 Å². The highest BCUT2D eigenvalue weighted by Gasteiger charge is 2.28. The van der Waals surface area contributed by atoms with Gasteiger partial charge in [0.2, 0.25) is 0 Å². The summed E-state index contributed by atoms with van der Waals surface area (Å²) in [5.74, 6) is 0.809. The summed E-state index contributed by atoms with van der Waals surface area (Å²) in [7, 11) is 0. The van der Waals surface area contributed by atoms with Gasteiger partial charge in [0, 0.05) is 5.41 Å². The van der Waals surface area contributed by atoms with Crippen molar-refractivity contribution < 1.29 is 9.84 Å². The molecule has 0 spiro atoms. The summed E-state index contributed by atoms with van der Waals surface area (Å²) in [6.07, 6.45) is 3.53. The molecule has 118 valence electrons. The van der Waals surface area contributed by atoms with Gasteiger partial charge in [0.25, 0.3) is 0 Å². The van der Waals surface area contributed by atoms with Crippen molar-refractivity contribution in [2.24, 2.45) is 0 Å². The van der Waals surface area contributed by atoms with Crippen LogP contribution in [0.4, 0.5) is 0 Å². The molecule has 1 unspecified atom stereocenters. The molecule has 0 aliphatic rings. The van der Waals surface area contributed by atoms with E-state index < -0.39 is 0 Å². The summed E-state index contributed by atoms with van der Waals surface area (Å²) in [4.78, 5) is 0. The Labute approximate surface area is 133 Å². The molecule has 2 rings (SSSR count). The second-order valence-electron chi connectivity index (χ2n) is 5.90. The zero-order chi connectivity index (χ0) is 15.8. The lowest BCUT2D eigenvalue weighted by molar-refractivity contribution is 0.201. The van der Waals surface area contributed by atoms with Crippen molar-refractivity contribution in [3.05, 3.63) is 65.7 Å². The number of aliphatic hydroxyl groups is 1. The van der Waals surface area contributed by atoms with E-state index in [2.05, 4.69) is 56.3 Å². The van der Waals surface area contributed by atoms with Gasteiger partial charge in [-0.2, -0.15) is 0 Å². The summed E-state index contributed by atoms with van der Waals surface area (Å²) >= 11 is 0. The zero-order valence-electron chi connectivity index (χ0n) is 13.6. The predicted octanol–water partition coefficient (Wildman–Crippen LogP) is 4.55. The number of rotatable bonds is 8. The van der Waals surface area contributed by atoms with E-state index in [0.717, 1.165) is 12.2 Å². The minimum atomic E-state index is 0.0206. The third-order valence-electron chi connectivity index (χ3n) is 4.29. The molecule has 0 heterocycles. The van der Waals surface area contributed by atoms with Crippen LogP contribution in [-0.4, -0.2) is 18.3 Å². The molecule has 0 saturated heterocycles. The van der Waals surface area contributed by atoms with Crippen LogP contribution in [0.5, 0.6) is 5.75 Å². The van der Waals surface area contributed by atoms with Crippen LogP contribution in [0.1, 0.15) is 44.2 Å². The van der Waals surface area contributed by atoms with Gasteiger partial charge in [0.15, 0.2) is 0 Å². The fraction of sp³-hybridized carbons (Fsp3) is 0.400. The maximum atomic E-state index is 8.83. The van der Waals surface area contributed by atoms with Crippen molar-refractivity contribution in [3.63, 3.8) is 0 Å². The molecule has 0 amide bonds. The molecule has 0 aliphatic heterocycles. The SMILES string of the molecule is CCCCC(C)(c1ccccc1)c1ccc(OCCO)cc1. The minimum Gasteiger partial charge on any atom is -0.491 e. The molecule has 0 fully saturated rings. The monoisotopic (exact) mass is 298 g/mol. The molecule has 2 aromatic rings. The second-order valence-corrected chi connectivity index (χ2v) is 5.90. The van der Waals surface area contributed by atoms with Crippen molar-refractivity contribution >= 4 is 0 Å². The van der Waals surface area contributed by atoms with Gasteiger partial charge in [-0.05, 0) is 29.7 Å². The molecule has 0 bridgehead atoms. The van der Waals surface area contributed by atoms with Crippen molar-refractivity contribution in [1.29, 1.82) is 0 Å². The van der Waals surface area contributed by atoms with E-state index in [9.17, 15) is 0 Å². The Balaban J connectivity index is 2.29. The van der Waals surface area contributed by atoms with E-state index in [-0.39, 0.29) is 12.0 Å². The Hall–Kier alpha value is -1.80. The molecule has 0 aliphatic carbocycles. The summed E-state index contributed by atoms with van der Waals surface area (Å²) < 4.78 is 5.46. The van der Waals surface area contributed by atoms with Crippen LogP contribution in [0.2, 0.25) is 0 Å². The predicted molar refractivity (Wildman–Crippen MR) is 91.4 cm³/mol. The van der Waals surface area contributed by atoms with E-state index in [4.69, 9.17) is 9.84 Å². The number of hydrogen-bond donors (Lipinski definition) is 1. The van der Waals surface area contributed by atoms with Crippen LogP contribution in [0.3, 0.4) is 0 Å². The number of benzene rings is 2. The molecular weight excluding hydrogens is 272 g/mol. The van der Waals surface area contributed by atoms with E-state index in [1.165, 1.54) is 24.0 Å². The van der Waals surface area contributed by atoms with Gasteiger partial charge in [-0.1, -0.05) is 69.2 Å². The summed E-state index contributed by atoms with van der Waals surface area (Å²) in [5.41, 5.74) is 2.68. The third-order valence-corrected chi connectivity index (χ3v) is 4.29. The first kappa shape index (κ1) is 16.6. The van der Waals surface area contributed by atoms with Crippen LogP contribution in [0.15, 0.2) is 54.6 Å². The summed E-state index contributed by atoms with van der Waals surface area (Å²) in [6.45, 7) is 4.93. The van der Waals surface area contributed by atoms with Crippen LogP contribution in [0, 0.1) is 0 Å². The fourth-order valence-corrected chi connectivity index (χ4v) is 2.87. The Kier molecular flexibility index (Phi) is 6.02. The van der Waals surface area contributed by atoms with Crippen molar-refractivity contribution in [1.82, 2.24) is 0 Å². The number of unbranched alkanes of at least 4 members (excludes halogenated alkanes) is 1. The standard InChI is InChI=1S/C20H26O2/c1-3-4-14-20(2,17-8-6-5-7-9-17)18-10-12-19(13-11-18)22-16-15-21/h5-13,21H,3-4,14-16H2,1-2H3. The van der Waals surface area contributed by atoms with Crippen LogP contribution < -0.4 is 4.74 Å². The lowest BCUT2D eigenvalue weighted by atomic mass is 9.73. The van der Waals surface area contributed by atoms with Crippen LogP contribution in [-0.2, 0) is 5.41 Å². The van der Waals surface area contributed by atoms with Gasteiger partial charge < -0.3 is 9.84 Å². The molecule has 1 N–H and O–H groups in total. The highest BCUT2D eigenvalue weighted by atomic mass is 16.5. The lowest BCUT2D eigenvalue weighted by Gasteiger charge is -2.31. The Morgan fingerprint density at radius 2 is 1.59 bits per heavy atom. The third kappa shape index (κ3) is 3.89. The average Bonchev–Trinajstić information content (AvgIpc) is 2.59. The largest absolute Gasteiger partial charge is 0.491 e. The van der Waals surface area contributed by atoms with Gasteiger partial charge in [0.05, 0.1) is 6.61 Å². The topological polar surface area (TPSA) is 29.5 Å². The van der Waals surface area contributed by atoms with Gasteiger partial charge in [-0.25, -0.2) is 0 Å². The van der Waals surface area contributed by atoms with Gasteiger partial charge >= 0.3 is 0 Å². The molecule has 22 heavy (non-hydrogen) atoms. The van der Waals surface area contributed by atoms with Crippen LogP contribution >= 0.6 is 0 Å². The Morgan fingerprint density at radius 3 is 2.18 bits per heavy atom. The first-order valence-corrected chi connectivity index (χ1v) is 8.10. The fourth-order valence-electron chi connectivity index (χ4n) is 2.87. The van der Waals surface area contributed by atoms with E-state index in [1.807, 2.05) is 12.1 Å². The normalized spacial score (nSPS) is 13.6. The molecule has 1 atom stereocenters. The Morgan fingerprint density at radius 1 is 0.955 bits per heavy atom. The molecule has 2 aromatic carbocycles. The van der Waals surface area contributed by atoms with E-state index >= 15 is 0 Å². The maximum absolute atomic E-state index is 8.83. The molecule has 0 saturated carbocycles. The summed E-state index contributed by atoms with van der Waals surface area (Å²) in [5, 5.41) is 8.83. The first-order valence-electron chi connectivity index (χ1n) is 8.10. The molecule has 0 aromatic heterocycles. The van der Waals surface area contributed by atoms with Gasteiger partial charge in [-0.3, -0.25) is 0 Å². The Bertz CT molecular complexity index is 548. The van der Waals surface area contributed by atoms with Crippen molar-refractivity contribution in [3.8, 4) is 5.75 Å². The molecule has 2 heteroatoms. The van der Waals surface area contributed by atoms with E-state index in [1.54, 1.807) is 0 Å². The smallest absolute Gasteiger partial charge is 0.119 e. The van der Waals surface area contributed by atoms with Crippen molar-refractivity contribution in [2.45, 2.75) is 38.5 Å². The van der Waals surface area contributed by atoms with Gasteiger partial charge in [-0.15, -0.1) is 0 Å². The highest BCUT2D eigenvalue weighted by Crippen LogP contribution is 2.37. The average molecular weight is 298 g/mol. The minimum absolute atomic E-state index is 0.0206. The number of aliphatic hydroxyl groups excluding tert-OH is 1. The zero-order valence-corrected chi connectivity index (χ0v) is 13.6. The first-order chi connectivity index (χ1) is 10.7. The van der Waals surface area contributed by atoms with E-state index in [0.29, 0.717) is 6.61 Å². The molecule has 0 radical (unpaired) electrons.